The van der Waals surface area contributed by atoms with Gasteiger partial charge in [0.25, 0.3) is 5.91 Å². The lowest BCUT2D eigenvalue weighted by atomic mass is 10.2. The monoisotopic (exact) mass is 436 g/mol. The van der Waals surface area contributed by atoms with Crippen LogP contribution in [0.1, 0.15) is 45.7 Å². The second kappa shape index (κ2) is 10.2. The van der Waals surface area contributed by atoms with Crippen molar-refractivity contribution in [2.75, 3.05) is 0 Å². The molecule has 1 heterocycles. The Bertz CT molecular complexity index is 927. The molecule has 9 heteroatoms. The summed E-state index contributed by atoms with van der Waals surface area (Å²) in [6.07, 6.45) is -1.02. The molecule has 0 saturated heterocycles. The van der Waals surface area contributed by atoms with Crippen LogP contribution in [0.5, 0.6) is 0 Å². The van der Waals surface area contributed by atoms with E-state index in [0.717, 1.165) is 4.88 Å². The molecular weight excluding hydrogens is 416 g/mol. The molecule has 1 aromatic heterocycles. The molecule has 0 aliphatic heterocycles. The molecule has 0 aliphatic carbocycles. The van der Waals surface area contributed by atoms with Crippen LogP contribution in [0.2, 0.25) is 5.02 Å². The number of carbonyl (C=O) groups excluding carboxylic acids is 4. The Morgan fingerprint density at radius 2 is 1.79 bits per heavy atom. The molecule has 0 radical (unpaired) electrons. The average Bonchev–Trinajstić information content (AvgIpc) is 3.14. The van der Waals surface area contributed by atoms with E-state index in [-0.39, 0.29) is 22.3 Å². The SMILES string of the molecule is CC(=O)NCc1ccc(C(=O)C(C)OC(=O)[C@H](C)NC(=O)c2ccccc2Cl)s1. The third kappa shape index (κ3) is 6.40. The number of Topliss-reactive ketones (excluding diaryl/α,β-unsaturated/α-hetero) is 1. The lowest BCUT2D eigenvalue weighted by molar-refractivity contribution is -0.148. The summed E-state index contributed by atoms with van der Waals surface area (Å²) in [5.74, 6) is -1.77. The summed E-state index contributed by atoms with van der Waals surface area (Å²) < 4.78 is 5.20. The molecule has 1 unspecified atom stereocenters. The van der Waals surface area contributed by atoms with Gasteiger partial charge in [0.15, 0.2) is 6.10 Å². The number of hydrogen-bond acceptors (Lipinski definition) is 6. The Morgan fingerprint density at radius 3 is 2.45 bits per heavy atom. The number of esters is 1. The fourth-order valence-corrected chi connectivity index (χ4v) is 3.51. The zero-order chi connectivity index (χ0) is 21.6. The average molecular weight is 437 g/mol. The lowest BCUT2D eigenvalue weighted by Gasteiger charge is -2.17. The molecule has 0 saturated carbocycles. The van der Waals surface area contributed by atoms with Gasteiger partial charge in [0.05, 0.1) is 22.0 Å². The van der Waals surface area contributed by atoms with Crippen LogP contribution in [0.3, 0.4) is 0 Å². The van der Waals surface area contributed by atoms with Crippen molar-refractivity contribution in [1.82, 2.24) is 10.6 Å². The first-order chi connectivity index (χ1) is 13.7. The molecule has 29 heavy (non-hydrogen) atoms. The van der Waals surface area contributed by atoms with Crippen LogP contribution >= 0.6 is 22.9 Å². The summed E-state index contributed by atoms with van der Waals surface area (Å²) in [5, 5.41) is 5.42. The van der Waals surface area contributed by atoms with Gasteiger partial charge in [0, 0.05) is 11.8 Å². The van der Waals surface area contributed by atoms with Crippen molar-refractivity contribution < 1.29 is 23.9 Å². The Kier molecular flexibility index (Phi) is 7.92. The van der Waals surface area contributed by atoms with Crippen molar-refractivity contribution in [2.24, 2.45) is 0 Å². The van der Waals surface area contributed by atoms with E-state index in [4.69, 9.17) is 16.3 Å². The van der Waals surface area contributed by atoms with Crippen molar-refractivity contribution >= 4 is 46.5 Å². The predicted molar refractivity (Wildman–Crippen MR) is 110 cm³/mol. The van der Waals surface area contributed by atoms with Gasteiger partial charge in [-0.25, -0.2) is 4.79 Å². The van der Waals surface area contributed by atoms with Crippen LogP contribution in [0.4, 0.5) is 0 Å². The molecule has 0 fully saturated rings. The molecule has 1 aromatic carbocycles. The minimum absolute atomic E-state index is 0.165. The van der Waals surface area contributed by atoms with Crippen LogP contribution in [-0.2, 0) is 20.9 Å². The molecular formula is C20H21ClN2O5S. The number of benzene rings is 1. The maximum Gasteiger partial charge on any atom is 0.329 e. The summed E-state index contributed by atoms with van der Waals surface area (Å²) in [6, 6.07) is 8.85. The van der Waals surface area contributed by atoms with E-state index >= 15 is 0 Å². The van der Waals surface area contributed by atoms with Crippen molar-refractivity contribution in [1.29, 1.82) is 0 Å². The van der Waals surface area contributed by atoms with E-state index < -0.39 is 24.0 Å². The Morgan fingerprint density at radius 1 is 1.10 bits per heavy atom. The molecule has 2 N–H and O–H groups in total. The highest BCUT2D eigenvalue weighted by molar-refractivity contribution is 7.14. The van der Waals surface area contributed by atoms with Crippen LogP contribution in [-0.4, -0.2) is 35.7 Å². The molecule has 0 spiro atoms. The van der Waals surface area contributed by atoms with Gasteiger partial charge in [-0.15, -0.1) is 11.3 Å². The van der Waals surface area contributed by atoms with Crippen molar-refractivity contribution in [2.45, 2.75) is 39.5 Å². The van der Waals surface area contributed by atoms with Crippen LogP contribution in [0.25, 0.3) is 0 Å². The third-order valence-electron chi connectivity index (χ3n) is 3.90. The van der Waals surface area contributed by atoms with Crippen molar-refractivity contribution in [3.63, 3.8) is 0 Å². The van der Waals surface area contributed by atoms with E-state index in [2.05, 4.69) is 10.6 Å². The van der Waals surface area contributed by atoms with Crippen LogP contribution < -0.4 is 10.6 Å². The smallest absolute Gasteiger partial charge is 0.329 e. The topological polar surface area (TPSA) is 102 Å². The van der Waals surface area contributed by atoms with Crippen LogP contribution in [0, 0.1) is 0 Å². The second-order valence-corrected chi connectivity index (χ2v) is 7.87. The number of hydrogen-bond donors (Lipinski definition) is 2. The fraction of sp³-hybridized carbons (Fsp3) is 0.300. The number of thiophene rings is 1. The second-order valence-electron chi connectivity index (χ2n) is 6.29. The van der Waals surface area contributed by atoms with Gasteiger partial charge in [-0.2, -0.15) is 0 Å². The number of amides is 2. The highest BCUT2D eigenvalue weighted by Gasteiger charge is 2.25. The Labute approximate surface area is 177 Å². The van der Waals surface area contributed by atoms with Gasteiger partial charge in [-0.1, -0.05) is 23.7 Å². The van der Waals surface area contributed by atoms with Gasteiger partial charge < -0.3 is 15.4 Å². The van der Waals surface area contributed by atoms with E-state index in [1.807, 2.05) is 0 Å². The number of nitrogens with one attached hydrogen (secondary N) is 2. The predicted octanol–water partition coefficient (Wildman–Crippen LogP) is 2.97. The first-order valence-corrected chi connectivity index (χ1v) is 10.0. The lowest BCUT2D eigenvalue weighted by Crippen LogP contribution is -2.41. The number of ether oxygens (including phenoxy) is 1. The summed E-state index contributed by atoms with van der Waals surface area (Å²) in [5.41, 5.74) is 0.239. The summed E-state index contributed by atoms with van der Waals surface area (Å²) >= 11 is 7.19. The maximum atomic E-state index is 12.5. The summed E-state index contributed by atoms with van der Waals surface area (Å²) in [4.78, 5) is 49.2. The van der Waals surface area contributed by atoms with Crippen molar-refractivity contribution in [3.8, 4) is 0 Å². The third-order valence-corrected chi connectivity index (χ3v) is 5.33. The molecule has 154 valence electrons. The zero-order valence-corrected chi connectivity index (χ0v) is 17.7. The van der Waals surface area contributed by atoms with Gasteiger partial charge in [-0.3, -0.25) is 14.4 Å². The number of rotatable bonds is 8. The normalized spacial score (nSPS) is 12.6. The number of carbonyl (C=O) groups is 4. The van der Waals surface area contributed by atoms with Crippen LogP contribution in [0.15, 0.2) is 36.4 Å². The van der Waals surface area contributed by atoms with Gasteiger partial charge >= 0.3 is 5.97 Å². The first-order valence-electron chi connectivity index (χ1n) is 8.82. The molecule has 0 bridgehead atoms. The fourth-order valence-electron chi connectivity index (χ4n) is 2.33. The van der Waals surface area contributed by atoms with Gasteiger partial charge in [0.2, 0.25) is 11.7 Å². The highest BCUT2D eigenvalue weighted by atomic mass is 35.5. The van der Waals surface area contributed by atoms with E-state index in [1.54, 1.807) is 30.3 Å². The molecule has 2 aromatic rings. The van der Waals surface area contributed by atoms with Gasteiger partial charge in [0.1, 0.15) is 6.04 Å². The Balaban J connectivity index is 1.92. The molecule has 2 atom stereocenters. The molecule has 2 amide bonds. The largest absolute Gasteiger partial charge is 0.453 e. The standard InChI is InChI=1S/C20H21ClN2O5S/c1-11(23-19(26)15-6-4-5-7-16(15)21)20(27)28-12(2)18(25)17-9-8-14(29-17)10-22-13(3)24/h4-9,11-12H,10H2,1-3H3,(H,22,24)(H,23,26)/t11-,12?/m0/s1. The van der Waals surface area contributed by atoms with Gasteiger partial charge in [-0.05, 0) is 38.1 Å². The molecule has 7 nitrogen and oxygen atoms in total. The molecule has 0 aliphatic rings. The summed E-state index contributed by atoms with van der Waals surface area (Å²) in [7, 11) is 0. The summed E-state index contributed by atoms with van der Waals surface area (Å²) in [6.45, 7) is 4.67. The zero-order valence-electron chi connectivity index (χ0n) is 16.2. The number of halogens is 1. The highest BCUT2D eigenvalue weighted by Crippen LogP contribution is 2.19. The quantitative estimate of drug-likeness (QED) is 0.489. The maximum absolute atomic E-state index is 12.5. The van der Waals surface area contributed by atoms with Crippen molar-refractivity contribution in [3.05, 3.63) is 56.7 Å². The Hall–Kier alpha value is -2.71. The van der Waals surface area contributed by atoms with E-state index in [1.165, 1.54) is 38.2 Å². The molecule has 2 rings (SSSR count). The minimum Gasteiger partial charge on any atom is -0.453 e. The number of ketones is 1. The first kappa shape index (κ1) is 22.6. The van der Waals surface area contributed by atoms with E-state index in [0.29, 0.717) is 11.4 Å². The minimum atomic E-state index is -1.02. The van der Waals surface area contributed by atoms with E-state index in [9.17, 15) is 19.2 Å².